The summed E-state index contributed by atoms with van der Waals surface area (Å²) in [6, 6.07) is 0. The Kier molecular flexibility index (Phi) is 11.2. The summed E-state index contributed by atoms with van der Waals surface area (Å²) in [7, 11) is 0. The van der Waals surface area contributed by atoms with Crippen molar-refractivity contribution in [2.75, 3.05) is 0 Å². The summed E-state index contributed by atoms with van der Waals surface area (Å²) in [6.07, 6.45) is 1.34. The van der Waals surface area contributed by atoms with Crippen LogP contribution in [0.25, 0.3) is 0 Å². The maximum Gasteiger partial charge on any atom is 0.541 e. The average Bonchev–Trinajstić information content (AvgIpc) is 2.52. The highest BCUT2D eigenvalue weighted by Gasteiger charge is 2.30. The summed E-state index contributed by atoms with van der Waals surface area (Å²) < 4.78 is 10.2. The Morgan fingerprint density at radius 1 is 0.625 bits per heavy atom. The van der Waals surface area contributed by atoms with E-state index in [-0.39, 0.29) is 10.8 Å². The highest BCUT2D eigenvalue weighted by Crippen LogP contribution is 2.30. The molecule has 0 aliphatic heterocycles. The molecule has 0 saturated heterocycles. The predicted octanol–water partition coefficient (Wildman–Crippen LogP) is 6.92. The Bertz CT molecular complexity index is 569. The first kappa shape index (κ1) is 30.2. The van der Waals surface area contributed by atoms with Crippen molar-refractivity contribution in [3.05, 3.63) is 12.2 Å². The van der Waals surface area contributed by atoms with E-state index in [9.17, 15) is 9.59 Å². The Morgan fingerprint density at radius 2 is 0.906 bits per heavy atom. The quantitative estimate of drug-likeness (QED) is 0.150. The highest BCUT2D eigenvalue weighted by molar-refractivity contribution is 5.60. The first-order valence-corrected chi connectivity index (χ1v) is 11.0. The summed E-state index contributed by atoms with van der Waals surface area (Å²) in [5.74, 6) is 0. The van der Waals surface area contributed by atoms with Crippen LogP contribution in [0, 0.1) is 10.8 Å². The van der Waals surface area contributed by atoms with Crippen molar-refractivity contribution in [1.29, 1.82) is 0 Å². The van der Waals surface area contributed by atoms with Crippen LogP contribution in [0.5, 0.6) is 0 Å². The van der Waals surface area contributed by atoms with E-state index in [0.717, 1.165) is 0 Å². The molecule has 0 aliphatic carbocycles. The molecule has 0 N–H and O–H groups in total. The van der Waals surface area contributed by atoms with E-state index >= 15 is 0 Å². The lowest BCUT2D eigenvalue weighted by Crippen LogP contribution is -2.32. The second-order valence-corrected chi connectivity index (χ2v) is 11.9. The number of ether oxygens (including phenoxy) is 2. The highest BCUT2D eigenvalue weighted by atomic mass is 17.2. The van der Waals surface area contributed by atoms with Gasteiger partial charge in [-0.05, 0) is 77.4 Å². The van der Waals surface area contributed by atoms with Crippen LogP contribution in [0.1, 0.15) is 95.9 Å². The zero-order valence-electron chi connectivity index (χ0n) is 22.0. The summed E-state index contributed by atoms with van der Waals surface area (Å²) in [6.45, 7) is 23.0. The van der Waals surface area contributed by atoms with Crippen LogP contribution in [0.15, 0.2) is 12.2 Å². The number of carbonyl (C=O) groups excluding carboxylic acids is 2. The van der Waals surface area contributed by atoms with Crippen LogP contribution in [0.2, 0.25) is 0 Å². The van der Waals surface area contributed by atoms with E-state index < -0.39 is 35.7 Å². The molecule has 8 heteroatoms. The molecule has 0 heterocycles. The predicted molar refractivity (Wildman–Crippen MR) is 122 cm³/mol. The van der Waals surface area contributed by atoms with Gasteiger partial charge in [0.15, 0.2) is 0 Å². The molecule has 0 aliphatic rings. The lowest BCUT2D eigenvalue weighted by molar-refractivity contribution is -0.323. The van der Waals surface area contributed by atoms with E-state index in [4.69, 9.17) is 29.0 Å². The molecule has 0 aromatic heterocycles. The van der Waals surface area contributed by atoms with Crippen molar-refractivity contribution in [3.63, 3.8) is 0 Å². The minimum atomic E-state index is -0.952. The second kappa shape index (κ2) is 11.9. The molecule has 0 fully saturated rings. The van der Waals surface area contributed by atoms with Crippen LogP contribution in [0.3, 0.4) is 0 Å². The molecule has 2 unspecified atom stereocenters. The summed E-state index contributed by atoms with van der Waals surface area (Å²) in [5, 5.41) is 0. The van der Waals surface area contributed by atoms with Crippen molar-refractivity contribution >= 4 is 12.3 Å². The van der Waals surface area contributed by atoms with Crippen molar-refractivity contribution in [3.8, 4) is 0 Å². The van der Waals surface area contributed by atoms with Gasteiger partial charge in [0.25, 0.3) is 0 Å². The molecule has 0 radical (unpaired) electrons. The van der Waals surface area contributed by atoms with Gasteiger partial charge in [-0.15, -0.1) is 0 Å². The van der Waals surface area contributed by atoms with Crippen molar-refractivity contribution in [1.82, 2.24) is 0 Å². The maximum absolute atomic E-state index is 11.8. The molecule has 188 valence electrons. The van der Waals surface area contributed by atoms with E-state index in [1.54, 1.807) is 26.0 Å². The zero-order chi connectivity index (χ0) is 25.4. The summed E-state index contributed by atoms with van der Waals surface area (Å²) in [4.78, 5) is 43.7. The van der Waals surface area contributed by atoms with Crippen LogP contribution in [0.4, 0.5) is 9.59 Å². The molecule has 0 spiro atoms. The van der Waals surface area contributed by atoms with Crippen LogP contribution in [-0.4, -0.2) is 35.7 Å². The molecule has 32 heavy (non-hydrogen) atoms. The summed E-state index contributed by atoms with van der Waals surface area (Å²) in [5.41, 5.74) is -1.28. The molecular formula is C24H44O8. The van der Waals surface area contributed by atoms with Crippen LogP contribution >= 0.6 is 0 Å². The third kappa shape index (κ3) is 16.8. The van der Waals surface area contributed by atoms with Gasteiger partial charge in [-0.25, -0.2) is 9.59 Å². The van der Waals surface area contributed by atoms with Gasteiger partial charge in [-0.3, -0.25) is 9.78 Å². The third-order valence-corrected chi connectivity index (χ3v) is 3.80. The third-order valence-electron chi connectivity index (χ3n) is 3.80. The van der Waals surface area contributed by atoms with E-state index in [1.165, 1.54) is 0 Å². The van der Waals surface area contributed by atoms with Gasteiger partial charge in [0.1, 0.15) is 23.4 Å². The number of rotatable bonds is 10. The van der Waals surface area contributed by atoms with Crippen molar-refractivity contribution < 1.29 is 38.6 Å². The minimum absolute atomic E-state index is 0.0114. The van der Waals surface area contributed by atoms with Gasteiger partial charge in [0.05, 0.1) is 0 Å². The Hall–Kier alpha value is -1.80. The number of carbonyl (C=O) groups is 2. The molecule has 0 aromatic carbocycles. The van der Waals surface area contributed by atoms with Gasteiger partial charge in [0, 0.05) is 0 Å². The first-order chi connectivity index (χ1) is 14.2. The smallest absolute Gasteiger partial charge is 0.425 e. The standard InChI is InChI=1S/C24H44O8/c1-17(27-19(25)29-31-23(9,10)15-21(3,4)5)13-14-18(2)28-20(26)30-32-24(11,12)16-22(6,7)8/h13-14,17-18H,15-16H2,1-12H3. The second-order valence-electron chi connectivity index (χ2n) is 11.9. The normalized spacial score (nSPS) is 15.2. The molecule has 8 nitrogen and oxygen atoms in total. The van der Waals surface area contributed by atoms with Gasteiger partial charge >= 0.3 is 12.3 Å². The Labute approximate surface area is 193 Å². The lowest BCUT2D eigenvalue weighted by atomic mass is 9.84. The molecular weight excluding hydrogens is 416 g/mol. The minimum Gasteiger partial charge on any atom is -0.425 e. The largest absolute Gasteiger partial charge is 0.541 e. The molecule has 0 rings (SSSR count). The van der Waals surface area contributed by atoms with Gasteiger partial charge < -0.3 is 9.47 Å². The van der Waals surface area contributed by atoms with Gasteiger partial charge in [0.2, 0.25) is 0 Å². The van der Waals surface area contributed by atoms with E-state index in [2.05, 4.69) is 41.5 Å². The van der Waals surface area contributed by atoms with E-state index in [0.29, 0.717) is 12.8 Å². The van der Waals surface area contributed by atoms with Gasteiger partial charge in [-0.2, -0.15) is 9.78 Å². The maximum atomic E-state index is 11.8. The first-order valence-electron chi connectivity index (χ1n) is 11.0. The zero-order valence-corrected chi connectivity index (χ0v) is 22.0. The summed E-state index contributed by atoms with van der Waals surface area (Å²) >= 11 is 0. The fraction of sp³-hybridized carbons (Fsp3) is 0.833. The molecule has 0 amide bonds. The SMILES string of the molecule is CC(C=CC(C)OC(=O)OOC(C)(C)CC(C)(C)C)OC(=O)OOC(C)(C)CC(C)(C)C. The average molecular weight is 461 g/mol. The molecule has 0 bridgehead atoms. The monoisotopic (exact) mass is 460 g/mol. The van der Waals surface area contributed by atoms with Crippen LogP contribution in [-0.2, 0) is 29.0 Å². The molecule has 0 saturated carbocycles. The van der Waals surface area contributed by atoms with Gasteiger partial charge in [-0.1, -0.05) is 41.5 Å². The number of hydrogen-bond acceptors (Lipinski definition) is 8. The van der Waals surface area contributed by atoms with E-state index in [1.807, 2.05) is 27.7 Å². The number of hydrogen-bond donors (Lipinski definition) is 0. The van der Waals surface area contributed by atoms with Crippen molar-refractivity contribution in [2.45, 2.75) is 119 Å². The lowest BCUT2D eigenvalue weighted by Gasteiger charge is -2.30. The molecule has 2 atom stereocenters. The van der Waals surface area contributed by atoms with Crippen molar-refractivity contribution in [2.24, 2.45) is 10.8 Å². The van der Waals surface area contributed by atoms with Crippen LogP contribution < -0.4 is 0 Å². The Morgan fingerprint density at radius 3 is 1.16 bits per heavy atom. The fourth-order valence-corrected chi connectivity index (χ4v) is 3.64. The topological polar surface area (TPSA) is 89.5 Å². The Balaban J connectivity index is 4.39. The molecule has 0 aromatic rings. The fourth-order valence-electron chi connectivity index (χ4n) is 3.64.